The van der Waals surface area contributed by atoms with Crippen LogP contribution in [0.1, 0.15) is 32.3 Å². The van der Waals surface area contributed by atoms with Gasteiger partial charge in [0.15, 0.2) is 5.78 Å². The number of ether oxygens (including phenoxy) is 1. The maximum atomic E-state index is 12.6. The van der Waals surface area contributed by atoms with Crippen LogP contribution in [-0.2, 0) is 0 Å². The maximum absolute atomic E-state index is 12.6. The summed E-state index contributed by atoms with van der Waals surface area (Å²) in [5.41, 5.74) is 2.54. The Bertz CT molecular complexity index is 682. The fraction of sp³-hybridized carbons (Fsp3) is 0.250. The molecule has 4 heteroatoms. The van der Waals surface area contributed by atoms with Crippen LogP contribution in [0.4, 0.5) is 0 Å². The van der Waals surface area contributed by atoms with E-state index in [0.717, 1.165) is 11.1 Å². The average molecular weight is 285 g/mol. The van der Waals surface area contributed by atoms with Gasteiger partial charge in [-0.05, 0) is 36.9 Å². The lowest BCUT2D eigenvalue weighted by atomic mass is 9.92. The molecule has 0 aliphatic heterocycles. The van der Waals surface area contributed by atoms with Crippen molar-refractivity contribution in [1.82, 2.24) is 0 Å². The number of carbonyl (C=O) groups is 1. The van der Waals surface area contributed by atoms with Crippen molar-refractivity contribution in [2.24, 2.45) is 0 Å². The summed E-state index contributed by atoms with van der Waals surface area (Å²) in [5, 5.41) is 11.3. The SMILES string of the molecule is COc1ccc(C)cc1C(C#N)C(=O)c1sccc1C. The molecule has 1 unspecified atom stereocenters. The summed E-state index contributed by atoms with van der Waals surface area (Å²) in [4.78, 5) is 13.2. The zero-order chi connectivity index (χ0) is 14.7. The zero-order valence-electron chi connectivity index (χ0n) is 11.6. The van der Waals surface area contributed by atoms with E-state index in [4.69, 9.17) is 4.74 Å². The van der Waals surface area contributed by atoms with E-state index in [0.29, 0.717) is 16.2 Å². The Morgan fingerprint density at radius 3 is 2.65 bits per heavy atom. The number of aryl methyl sites for hydroxylation is 2. The monoisotopic (exact) mass is 285 g/mol. The topological polar surface area (TPSA) is 50.1 Å². The summed E-state index contributed by atoms with van der Waals surface area (Å²) in [6.45, 7) is 3.81. The number of hydrogen-bond acceptors (Lipinski definition) is 4. The van der Waals surface area contributed by atoms with Crippen LogP contribution in [0, 0.1) is 25.2 Å². The molecule has 3 nitrogen and oxygen atoms in total. The summed E-state index contributed by atoms with van der Waals surface area (Å²) >= 11 is 1.37. The van der Waals surface area contributed by atoms with Gasteiger partial charge in [-0.25, -0.2) is 0 Å². The molecular formula is C16H15NO2S. The largest absolute Gasteiger partial charge is 0.496 e. The van der Waals surface area contributed by atoms with Crippen molar-refractivity contribution in [2.75, 3.05) is 7.11 Å². The van der Waals surface area contributed by atoms with E-state index in [-0.39, 0.29) is 5.78 Å². The van der Waals surface area contributed by atoms with Crippen LogP contribution in [-0.4, -0.2) is 12.9 Å². The van der Waals surface area contributed by atoms with E-state index in [2.05, 4.69) is 6.07 Å². The molecule has 20 heavy (non-hydrogen) atoms. The van der Waals surface area contributed by atoms with Gasteiger partial charge in [0.05, 0.1) is 18.1 Å². The van der Waals surface area contributed by atoms with Gasteiger partial charge >= 0.3 is 0 Å². The standard InChI is InChI=1S/C16H15NO2S/c1-10-4-5-14(19-3)12(8-10)13(9-17)15(18)16-11(2)6-7-20-16/h4-8,13H,1-3H3. The molecule has 0 amide bonds. The van der Waals surface area contributed by atoms with Crippen LogP contribution >= 0.6 is 11.3 Å². The van der Waals surface area contributed by atoms with Crippen LogP contribution in [0.5, 0.6) is 5.75 Å². The molecular weight excluding hydrogens is 270 g/mol. The third kappa shape index (κ3) is 2.59. The van der Waals surface area contributed by atoms with Crippen LogP contribution in [0.2, 0.25) is 0 Å². The summed E-state index contributed by atoms with van der Waals surface area (Å²) in [5.74, 6) is -0.421. The first-order valence-corrected chi connectivity index (χ1v) is 7.09. The maximum Gasteiger partial charge on any atom is 0.194 e. The molecule has 0 saturated heterocycles. The zero-order valence-corrected chi connectivity index (χ0v) is 12.5. The van der Waals surface area contributed by atoms with Crippen molar-refractivity contribution < 1.29 is 9.53 Å². The highest BCUT2D eigenvalue weighted by molar-refractivity contribution is 7.12. The molecule has 0 aliphatic carbocycles. The summed E-state index contributed by atoms with van der Waals surface area (Å²) in [6, 6.07) is 9.54. The summed E-state index contributed by atoms with van der Waals surface area (Å²) in [7, 11) is 1.55. The minimum atomic E-state index is -0.831. The lowest BCUT2D eigenvalue weighted by molar-refractivity contribution is 0.0981. The molecule has 1 aromatic carbocycles. The second-order valence-electron chi connectivity index (χ2n) is 4.60. The van der Waals surface area contributed by atoms with Crippen LogP contribution in [0.25, 0.3) is 0 Å². The quantitative estimate of drug-likeness (QED) is 0.801. The number of ketones is 1. The molecule has 1 aromatic heterocycles. The lowest BCUT2D eigenvalue weighted by Gasteiger charge is -2.13. The molecule has 0 saturated carbocycles. The van der Waals surface area contributed by atoms with E-state index in [9.17, 15) is 10.1 Å². The number of methoxy groups -OCH3 is 1. The van der Waals surface area contributed by atoms with Crippen molar-refractivity contribution in [3.63, 3.8) is 0 Å². The molecule has 0 fully saturated rings. The predicted octanol–water partition coefficient (Wildman–Crippen LogP) is 3.86. The fourth-order valence-corrected chi connectivity index (χ4v) is 3.00. The lowest BCUT2D eigenvalue weighted by Crippen LogP contribution is -2.12. The van der Waals surface area contributed by atoms with Gasteiger partial charge in [0.1, 0.15) is 11.7 Å². The van der Waals surface area contributed by atoms with Crippen LogP contribution in [0.15, 0.2) is 29.6 Å². The van der Waals surface area contributed by atoms with E-state index in [1.807, 2.05) is 37.4 Å². The van der Waals surface area contributed by atoms with E-state index in [1.54, 1.807) is 13.2 Å². The number of nitriles is 1. The van der Waals surface area contributed by atoms with Gasteiger partial charge in [-0.15, -0.1) is 11.3 Å². The average Bonchev–Trinajstić information content (AvgIpc) is 2.86. The number of benzene rings is 1. The molecule has 0 radical (unpaired) electrons. The molecule has 102 valence electrons. The minimum Gasteiger partial charge on any atom is -0.496 e. The van der Waals surface area contributed by atoms with Gasteiger partial charge in [0.2, 0.25) is 0 Å². The van der Waals surface area contributed by atoms with Crippen molar-refractivity contribution in [3.8, 4) is 11.8 Å². The first-order valence-electron chi connectivity index (χ1n) is 6.21. The summed E-state index contributed by atoms with van der Waals surface area (Å²) < 4.78 is 5.28. The number of Topliss-reactive ketones (excluding diaryl/α,β-unsaturated/α-hetero) is 1. The molecule has 0 bridgehead atoms. The van der Waals surface area contributed by atoms with Gasteiger partial charge in [-0.3, -0.25) is 4.79 Å². The number of carbonyl (C=O) groups excluding carboxylic acids is 1. The summed E-state index contributed by atoms with van der Waals surface area (Å²) in [6.07, 6.45) is 0. The van der Waals surface area contributed by atoms with Crippen molar-refractivity contribution in [3.05, 3.63) is 51.2 Å². The Balaban J connectivity index is 2.49. The molecule has 2 rings (SSSR count). The van der Waals surface area contributed by atoms with Crippen molar-refractivity contribution >= 4 is 17.1 Å². The first kappa shape index (κ1) is 14.3. The Morgan fingerprint density at radius 1 is 1.35 bits per heavy atom. The van der Waals surface area contributed by atoms with Crippen molar-refractivity contribution in [2.45, 2.75) is 19.8 Å². The second kappa shape index (κ2) is 5.89. The van der Waals surface area contributed by atoms with Gasteiger partial charge in [-0.2, -0.15) is 5.26 Å². The third-order valence-electron chi connectivity index (χ3n) is 3.17. The first-order chi connectivity index (χ1) is 9.58. The smallest absolute Gasteiger partial charge is 0.194 e. The minimum absolute atomic E-state index is 0.163. The highest BCUT2D eigenvalue weighted by Crippen LogP contribution is 2.32. The highest BCUT2D eigenvalue weighted by Gasteiger charge is 2.26. The second-order valence-corrected chi connectivity index (χ2v) is 5.52. The molecule has 2 aromatic rings. The Kier molecular flexibility index (Phi) is 4.21. The molecule has 1 heterocycles. The number of nitrogens with zero attached hydrogens (tertiary/aromatic N) is 1. The molecule has 0 N–H and O–H groups in total. The number of thiophene rings is 1. The van der Waals surface area contributed by atoms with Gasteiger partial charge in [-0.1, -0.05) is 17.7 Å². The third-order valence-corrected chi connectivity index (χ3v) is 4.20. The van der Waals surface area contributed by atoms with Crippen LogP contribution < -0.4 is 4.74 Å². The van der Waals surface area contributed by atoms with Crippen LogP contribution in [0.3, 0.4) is 0 Å². The van der Waals surface area contributed by atoms with Crippen molar-refractivity contribution in [1.29, 1.82) is 5.26 Å². The van der Waals surface area contributed by atoms with Gasteiger partial charge in [0, 0.05) is 5.56 Å². The Morgan fingerprint density at radius 2 is 2.10 bits per heavy atom. The normalized spacial score (nSPS) is 11.7. The van der Waals surface area contributed by atoms with Gasteiger partial charge < -0.3 is 4.74 Å². The fourth-order valence-electron chi connectivity index (χ4n) is 2.11. The van der Waals surface area contributed by atoms with Gasteiger partial charge in [0.25, 0.3) is 0 Å². The molecule has 0 spiro atoms. The molecule has 1 atom stereocenters. The Labute approximate surface area is 122 Å². The highest BCUT2D eigenvalue weighted by atomic mass is 32.1. The number of hydrogen-bond donors (Lipinski definition) is 0. The van der Waals surface area contributed by atoms with E-state index >= 15 is 0 Å². The predicted molar refractivity (Wildman–Crippen MR) is 79.5 cm³/mol. The number of rotatable bonds is 4. The van der Waals surface area contributed by atoms with E-state index in [1.165, 1.54) is 11.3 Å². The van der Waals surface area contributed by atoms with E-state index < -0.39 is 5.92 Å². The molecule has 0 aliphatic rings. The Hall–Kier alpha value is -2.12.